The first kappa shape index (κ1) is 14.8. The Bertz CT molecular complexity index is 726. The summed E-state index contributed by atoms with van der Waals surface area (Å²) < 4.78 is 0. The SMILES string of the molecule is Cc1ccc(C#CCN)c(C(=O)Nc2ccnc(C)c2)c1. The van der Waals surface area contributed by atoms with Gasteiger partial charge >= 0.3 is 0 Å². The highest BCUT2D eigenvalue weighted by Crippen LogP contribution is 2.14. The average Bonchev–Trinajstić information content (AvgIpc) is 2.46. The maximum atomic E-state index is 12.4. The summed E-state index contributed by atoms with van der Waals surface area (Å²) in [5, 5.41) is 2.87. The van der Waals surface area contributed by atoms with E-state index >= 15 is 0 Å². The summed E-state index contributed by atoms with van der Waals surface area (Å²) in [4.78, 5) is 16.5. The van der Waals surface area contributed by atoms with Crippen LogP contribution in [0.25, 0.3) is 0 Å². The number of carbonyl (C=O) groups is 1. The molecule has 1 aromatic carbocycles. The molecule has 3 N–H and O–H groups in total. The van der Waals surface area contributed by atoms with Crippen molar-refractivity contribution < 1.29 is 4.79 Å². The van der Waals surface area contributed by atoms with Crippen molar-refractivity contribution in [2.45, 2.75) is 13.8 Å². The Morgan fingerprint density at radius 2 is 2.10 bits per heavy atom. The molecule has 0 spiro atoms. The fourth-order valence-corrected chi connectivity index (χ4v) is 1.92. The van der Waals surface area contributed by atoms with Crippen LogP contribution in [0.3, 0.4) is 0 Å². The van der Waals surface area contributed by atoms with E-state index in [4.69, 9.17) is 5.73 Å². The molecule has 0 unspecified atom stereocenters. The minimum absolute atomic E-state index is 0.189. The summed E-state index contributed by atoms with van der Waals surface area (Å²) in [6.07, 6.45) is 1.66. The number of hydrogen-bond donors (Lipinski definition) is 2. The second kappa shape index (κ2) is 6.69. The molecule has 0 aliphatic heterocycles. The van der Waals surface area contributed by atoms with Gasteiger partial charge in [0, 0.05) is 23.1 Å². The smallest absolute Gasteiger partial charge is 0.256 e. The van der Waals surface area contributed by atoms with Crippen molar-refractivity contribution in [1.82, 2.24) is 4.98 Å². The number of pyridine rings is 1. The van der Waals surface area contributed by atoms with Crippen molar-refractivity contribution in [1.29, 1.82) is 0 Å². The minimum Gasteiger partial charge on any atom is -0.322 e. The molecule has 0 atom stereocenters. The van der Waals surface area contributed by atoms with Gasteiger partial charge in [-0.15, -0.1) is 0 Å². The summed E-state index contributed by atoms with van der Waals surface area (Å²) in [5.41, 5.74) is 9.18. The molecule has 4 heteroatoms. The van der Waals surface area contributed by atoms with Crippen LogP contribution in [0.2, 0.25) is 0 Å². The number of benzene rings is 1. The van der Waals surface area contributed by atoms with Gasteiger partial charge in [0.2, 0.25) is 0 Å². The Kier molecular flexibility index (Phi) is 4.70. The zero-order valence-electron chi connectivity index (χ0n) is 12.1. The summed E-state index contributed by atoms with van der Waals surface area (Å²) in [5.74, 6) is 5.52. The van der Waals surface area contributed by atoms with Crippen molar-refractivity contribution >= 4 is 11.6 Å². The first-order valence-corrected chi connectivity index (χ1v) is 6.64. The Morgan fingerprint density at radius 1 is 1.29 bits per heavy atom. The molecule has 1 heterocycles. The molecule has 0 bridgehead atoms. The highest BCUT2D eigenvalue weighted by molar-refractivity contribution is 6.06. The first-order chi connectivity index (χ1) is 10.1. The van der Waals surface area contributed by atoms with E-state index in [1.165, 1.54) is 0 Å². The van der Waals surface area contributed by atoms with Crippen LogP contribution in [0.1, 0.15) is 27.2 Å². The Labute approximate surface area is 124 Å². The standard InChI is InChI=1S/C17H17N3O/c1-12-5-6-14(4-3-8-18)16(10-12)17(21)20-15-7-9-19-13(2)11-15/h5-7,9-11H,8,18H2,1-2H3,(H,19,20,21). The second-order valence-electron chi connectivity index (χ2n) is 4.69. The fourth-order valence-electron chi connectivity index (χ4n) is 1.92. The largest absolute Gasteiger partial charge is 0.322 e. The number of anilines is 1. The van der Waals surface area contributed by atoms with E-state index in [0.717, 1.165) is 11.3 Å². The number of hydrogen-bond acceptors (Lipinski definition) is 3. The van der Waals surface area contributed by atoms with E-state index in [-0.39, 0.29) is 12.5 Å². The van der Waals surface area contributed by atoms with Gasteiger partial charge in [0.05, 0.1) is 12.1 Å². The molecular weight excluding hydrogens is 262 g/mol. The van der Waals surface area contributed by atoms with E-state index in [1.54, 1.807) is 12.3 Å². The Balaban J connectivity index is 2.32. The van der Waals surface area contributed by atoms with Crippen LogP contribution in [-0.2, 0) is 0 Å². The van der Waals surface area contributed by atoms with E-state index in [0.29, 0.717) is 16.8 Å². The van der Waals surface area contributed by atoms with E-state index in [2.05, 4.69) is 22.1 Å². The lowest BCUT2D eigenvalue weighted by atomic mass is 10.0. The van der Waals surface area contributed by atoms with Crippen molar-refractivity contribution in [3.63, 3.8) is 0 Å². The molecule has 4 nitrogen and oxygen atoms in total. The predicted molar refractivity (Wildman–Crippen MR) is 84.0 cm³/mol. The summed E-state index contributed by atoms with van der Waals surface area (Å²) in [6.45, 7) is 4.08. The zero-order chi connectivity index (χ0) is 15.2. The summed E-state index contributed by atoms with van der Waals surface area (Å²) in [6, 6.07) is 9.16. The second-order valence-corrected chi connectivity index (χ2v) is 4.69. The van der Waals surface area contributed by atoms with Gasteiger partial charge in [0.15, 0.2) is 0 Å². The summed E-state index contributed by atoms with van der Waals surface area (Å²) >= 11 is 0. The monoisotopic (exact) mass is 279 g/mol. The highest BCUT2D eigenvalue weighted by Gasteiger charge is 2.11. The number of amides is 1. The molecule has 0 saturated heterocycles. The van der Waals surface area contributed by atoms with Crippen LogP contribution >= 0.6 is 0 Å². The number of nitrogens with two attached hydrogens (primary N) is 1. The third-order valence-corrected chi connectivity index (χ3v) is 2.90. The molecule has 2 aromatic rings. The van der Waals surface area contributed by atoms with Gasteiger partial charge in [-0.2, -0.15) is 0 Å². The van der Waals surface area contributed by atoms with Gasteiger partial charge in [0.1, 0.15) is 0 Å². The third kappa shape index (κ3) is 3.91. The van der Waals surface area contributed by atoms with Gasteiger partial charge in [-0.05, 0) is 38.1 Å². The number of nitrogens with one attached hydrogen (secondary N) is 1. The number of aryl methyl sites for hydroxylation is 2. The van der Waals surface area contributed by atoms with Crippen molar-refractivity contribution in [2.24, 2.45) is 5.73 Å². The molecule has 21 heavy (non-hydrogen) atoms. The first-order valence-electron chi connectivity index (χ1n) is 6.64. The number of carbonyl (C=O) groups excluding carboxylic acids is 1. The molecule has 2 rings (SSSR count). The van der Waals surface area contributed by atoms with E-state index < -0.39 is 0 Å². The van der Waals surface area contributed by atoms with Crippen LogP contribution in [0.15, 0.2) is 36.5 Å². The van der Waals surface area contributed by atoms with Crippen LogP contribution in [0, 0.1) is 25.7 Å². The molecule has 0 fully saturated rings. The number of rotatable bonds is 2. The maximum Gasteiger partial charge on any atom is 0.256 e. The van der Waals surface area contributed by atoms with E-state index in [1.807, 2.05) is 38.1 Å². The number of aromatic nitrogens is 1. The Hall–Kier alpha value is -2.64. The lowest BCUT2D eigenvalue weighted by molar-refractivity contribution is 0.102. The highest BCUT2D eigenvalue weighted by atomic mass is 16.1. The Morgan fingerprint density at radius 3 is 2.81 bits per heavy atom. The van der Waals surface area contributed by atoms with Crippen LogP contribution in [-0.4, -0.2) is 17.4 Å². The summed E-state index contributed by atoms with van der Waals surface area (Å²) in [7, 11) is 0. The normalized spacial score (nSPS) is 9.67. The van der Waals surface area contributed by atoms with Gasteiger partial charge in [-0.3, -0.25) is 9.78 Å². The quantitative estimate of drug-likeness (QED) is 0.829. The molecule has 1 amide bonds. The topological polar surface area (TPSA) is 68.0 Å². The lowest BCUT2D eigenvalue weighted by Gasteiger charge is -2.08. The fraction of sp³-hybridized carbons (Fsp3) is 0.176. The average molecular weight is 279 g/mol. The van der Waals surface area contributed by atoms with Crippen molar-refractivity contribution in [2.75, 3.05) is 11.9 Å². The minimum atomic E-state index is -0.189. The molecular formula is C17H17N3O. The van der Waals surface area contributed by atoms with Gasteiger partial charge < -0.3 is 11.1 Å². The van der Waals surface area contributed by atoms with Crippen LogP contribution in [0.4, 0.5) is 5.69 Å². The van der Waals surface area contributed by atoms with Crippen molar-refractivity contribution in [3.05, 3.63) is 58.9 Å². The maximum absolute atomic E-state index is 12.4. The number of nitrogens with zero attached hydrogens (tertiary/aromatic N) is 1. The van der Waals surface area contributed by atoms with Gasteiger partial charge in [-0.25, -0.2) is 0 Å². The molecule has 0 saturated carbocycles. The van der Waals surface area contributed by atoms with Crippen LogP contribution in [0.5, 0.6) is 0 Å². The molecule has 106 valence electrons. The van der Waals surface area contributed by atoms with Gasteiger partial charge in [-0.1, -0.05) is 23.5 Å². The zero-order valence-corrected chi connectivity index (χ0v) is 12.1. The molecule has 0 radical (unpaired) electrons. The van der Waals surface area contributed by atoms with Crippen molar-refractivity contribution in [3.8, 4) is 11.8 Å². The molecule has 1 aromatic heterocycles. The molecule has 0 aliphatic rings. The third-order valence-electron chi connectivity index (χ3n) is 2.90. The van der Waals surface area contributed by atoms with E-state index in [9.17, 15) is 4.79 Å². The predicted octanol–water partition coefficient (Wildman–Crippen LogP) is 2.26. The van der Waals surface area contributed by atoms with Crippen LogP contribution < -0.4 is 11.1 Å². The molecule has 0 aliphatic carbocycles. The van der Waals surface area contributed by atoms with Gasteiger partial charge in [0.25, 0.3) is 5.91 Å². The lowest BCUT2D eigenvalue weighted by Crippen LogP contribution is -2.14.